The molecule has 1 aromatic carbocycles. The molecular weight excluding hydrogens is 285 g/mol. The van der Waals surface area contributed by atoms with Crippen molar-refractivity contribution in [2.45, 2.75) is 26.3 Å². The first-order valence-corrected chi connectivity index (χ1v) is 7.06. The maximum Gasteiger partial charge on any atom is 0.310 e. The highest BCUT2D eigenvalue weighted by atomic mass is 35.5. The zero-order valence-electron chi connectivity index (χ0n) is 10.8. The number of benzene rings is 1. The average molecular weight is 302 g/mol. The van der Waals surface area contributed by atoms with Gasteiger partial charge in [0.05, 0.1) is 5.41 Å². The molecule has 1 atom stereocenters. The highest BCUT2D eigenvalue weighted by molar-refractivity contribution is 6.35. The van der Waals surface area contributed by atoms with Crippen LogP contribution in [-0.2, 0) is 11.3 Å². The van der Waals surface area contributed by atoms with Gasteiger partial charge in [0.1, 0.15) is 0 Å². The molecule has 0 saturated carbocycles. The van der Waals surface area contributed by atoms with Crippen LogP contribution in [0.4, 0.5) is 0 Å². The largest absolute Gasteiger partial charge is 0.481 e. The second-order valence-corrected chi connectivity index (χ2v) is 6.26. The summed E-state index contributed by atoms with van der Waals surface area (Å²) in [7, 11) is 0. The molecule has 0 radical (unpaired) electrons. The lowest BCUT2D eigenvalue weighted by Crippen LogP contribution is -2.45. The van der Waals surface area contributed by atoms with Crippen LogP contribution in [0.15, 0.2) is 18.2 Å². The molecule has 5 heteroatoms. The number of carboxylic acids is 1. The number of likely N-dealkylation sites (tertiary alicyclic amines) is 1. The average Bonchev–Trinajstić information content (AvgIpc) is 2.33. The van der Waals surface area contributed by atoms with E-state index in [1.165, 1.54) is 0 Å². The standard InChI is InChI=1S/C14H17Cl2NO2/c1-14(13(18)19)5-2-6-17(9-14)8-10-3-4-11(15)7-12(10)16/h3-4,7H,2,5-6,8-9H2,1H3,(H,18,19). The Labute approximate surface area is 123 Å². The highest BCUT2D eigenvalue weighted by Crippen LogP contribution is 2.31. The number of aliphatic carboxylic acids is 1. The molecule has 1 aliphatic rings. The highest BCUT2D eigenvalue weighted by Gasteiger charge is 2.37. The van der Waals surface area contributed by atoms with E-state index in [9.17, 15) is 9.90 Å². The van der Waals surface area contributed by atoms with Crippen molar-refractivity contribution in [1.29, 1.82) is 0 Å². The second-order valence-electron chi connectivity index (χ2n) is 5.42. The van der Waals surface area contributed by atoms with Crippen LogP contribution in [0.25, 0.3) is 0 Å². The molecule has 1 N–H and O–H groups in total. The fraction of sp³-hybridized carbons (Fsp3) is 0.500. The molecule has 0 bridgehead atoms. The van der Waals surface area contributed by atoms with Gasteiger partial charge in [0.25, 0.3) is 0 Å². The number of nitrogens with zero attached hydrogens (tertiary/aromatic N) is 1. The minimum Gasteiger partial charge on any atom is -0.481 e. The van der Waals surface area contributed by atoms with Gasteiger partial charge in [0.2, 0.25) is 0 Å². The van der Waals surface area contributed by atoms with E-state index in [-0.39, 0.29) is 0 Å². The van der Waals surface area contributed by atoms with Gasteiger partial charge in [-0.05, 0) is 44.0 Å². The number of hydrogen-bond donors (Lipinski definition) is 1. The van der Waals surface area contributed by atoms with Gasteiger partial charge in [0.15, 0.2) is 0 Å². The lowest BCUT2D eigenvalue weighted by Gasteiger charge is -2.37. The number of carboxylic acid groups (broad SMARTS) is 1. The van der Waals surface area contributed by atoms with Crippen LogP contribution in [0.1, 0.15) is 25.3 Å². The van der Waals surface area contributed by atoms with E-state index in [1.807, 2.05) is 19.1 Å². The Hall–Kier alpha value is -0.770. The van der Waals surface area contributed by atoms with Crippen molar-refractivity contribution < 1.29 is 9.90 Å². The van der Waals surface area contributed by atoms with Crippen LogP contribution >= 0.6 is 23.2 Å². The Balaban J connectivity index is 2.09. The molecule has 1 saturated heterocycles. The van der Waals surface area contributed by atoms with Gasteiger partial charge in [-0.25, -0.2) is 0 Å². The first kappa shape index (κ1) is 14.6. The Kier molecular flexibility index (Phi) is 4.39. The van der Waals surface area contributed by atoms with E-state index in [0.717, 1.165) is 24.9 Å². The van der Waals surface area contributed by atoms with Crippen LogP contribution in [0.5, 0.6) is 0 Å². The summed E-state index contributed by atoms with van der Waals surface area (Å²) in [4.78, 5) is 13.5. The number of hydrogen-bond acceptors (Lipinski definition) is 2. The van der Waals surface area contributed by atoms with E-state index in [0.29, 0.717) is 23.1 Å². The van der Waals surface area contributed by atoms with E-state index in [2.05, 4.69) is 4.90 Å². The minimum atomic E-state index is -0.723. The smallest absolute Gasteiger partial charge is 0.310 e. The summed E-state index contributed by atoms with van der Waals surface area (Å²) in [5.41, 5.74) is 0.331. The van der Waals surface area contributed by atoms with Crippen molar-refractivity contribution in [2.24, 2.45) is 5.41 Å². The van der Waals surface area contributed by atoms with Crippen LogP contribution in [0.3, 0.4) is 0 Å². The third kappa shape index (κ3) is 3.41. The zero-order valence-corrected chi connectivity index (χ0v) is 12.3. The van der Waals surface area contributed by atoms with E-state index in [4.69, 9.17) is 23.2 Å². The van der Waals surface area contributed by atoms with Gasteiger partial charge in [0, 0.05) is 23.1 Å². The van der Waals surface area contributed by atoms with Crippen molar-refractivity contribution in [3.05, 3.63) is 33.8 Å². The van der Waals surface area contributed by atoms with Gasteiger partial charge in [-0.2, -0.15) is 0 Å². The fourth-order valence-corrected chi connectivity index (χ4v) is 3.01. The SMILES string of the molecule is CC1(C(=O)O)CCCN(Cc2ccc(Cl)cc2Cl)C1. The molecule has 1 heterocycles. The van der Waals surface area contributed by atoms with Gasteiger partial charge in [-0.1, -0.05) is 29.3 Å². The maximum absolute atomic E-state index is 11.3. The van der Waals surface area contributed by atoms with Crippen molar-refractivity contribution in [2.75, 3.05) is 13.1 Å². The summed E-state index contributed by atoms with van der Waals surface area (Å²) < 4.78 is 0. The minimum absolute atomic E-state index is 0.557. The predicted molar refractivity (Wildman–Crippen MR) is 76.7 cm³/mol. The van der Waals surface area contributed by atoms with Gasteiger partial charge in [-0.15, -0.1) is 0 Å². The molecule has 0 aliphatic carbocycles. The Bertz CT molecular complexity index is 492. The van der Waals surface area contributed by atoms with E-state index >= 15 is 0 Å². The number of carbonyl (C=O) groups is 1. The van der Waals surface area contributed by atoms with E-state index < -0.39 is 11.4 Å². The molecular formula is C14H17Cl2NO2. The monoisotopic (exact) mass is 301 g/mol. The van der Waals surface area contributed by atoms with Gasteiger partial charge >= 0.3 is 5.97 Å². The Morgan fingerprint density at radius 1 is 1.47 bits per heavy atom. The molecule has 2 rings (SSSR count). The molecule has 1 unspecified atom stereocenters. The molecule has 1 aliphatic heterocycles. The van der Waals surface area contributed by atoms with Gasteiger partial charge in [-0.3, -0.25) is 9.69 Å². The second kappa shape index (κ2) is 5.70. The van der Waals surface area contributed by atoms with Crippen molar-refractivity contribution in [3.63, 3.8) is 0 Å². The summed E-state index contributed by atoms with van der Waals surface area (Å²) in [6.07, 6.45) is 1.63. The number of rotatable bonds is 3. The summed E-state index contributed by atoms with van der Waals surface area (Å²) in [5.74, 6) is -0.723. The molecule has 0 aromatic heterocycles. The number of piperidine rings is 1. The first-order valence-electron chi connectivity index (χ1n) is 6.30. The molecule has 3 nitrogen and oxygen atoms in total. The maximum atomic E-state index is 11.3. The van der Waals surface area contributed by atoms with Crippen molar-refractivity contribution in [1.82, 2.24) is 4.90 Å². The molecule has 1 aromatic rings. The molecule has 1 fully saturated rings. The first-order chi connectivity index (χ1) is 8.90. The van der Waals surface area contributed by atoms with Gasteiger partial charge < -0.3 is 5.11 Å². The lowest BCUT2D eigenvalue weighted by atomic mass is 9.82. The van der Waals surface area contributed by atoms with Crippen LogP contribution in [0.2, 0.25) is 10.0 Å². The Morgan fingerprint density at radius 2 is 2.21 bits per heavy atom. The van der Waals surface area contributed by atoms with Crippen molar-refractivity contribution >= 4 is 29.2 Å². The third-order valence-corrected chi connectivity index (χ3v) is 4.29. The van der Waals surface area contributed by atoms with E-state index in [1.54, 1.807) is 6.07 Å². The predicted octanol–water partition coefficient (Wildman–Crippen LogP) is 3.68. The topological polar surface area (TPSA) is 40.5 Å². The lowest BCUT2D eigenvalue weighted by molar-refractivity contribution is -0.151. The molecule has 104 valence electrons. The quantitative estimate of drug-likeness (QED) is 0.926. The summed E-state index contributed by atoms with van der Waals surface area (Å²) >= 11 is 12.0. The van der Waals surface area contributed by atoms with Crippen LogP contribution < -0.4 is 0 Å². The summed E-state index contributed by atoms with van der Waals surface area (Å²) in [5, 5.41) is 10.6. The number of halogens is 2. The van der Waals surface area contributed by atoms with Crippen molar-refractivity contribution in [3.8, 4) is 0 Å². The summed E-state index contributed by atoms with van der Waals surface area (Å²) in [6, 6.07) is 5.43. The third-order valence-electron chi connectivity index (χ3n) is 3.70. The molecule has 0 spiro atoms. The zero-order chi connectivity index (χ0) is 14.0. The fourth-order valence-electron chi connectivity index (χ4n) is 2.54. The molecule has 0 amide bonds. The summed E-state index contributed by atoms with van der Waals surface area (Å²) in [6.45, 7) is 3.94. The van der Waals surface area contributed by atoms with Crippen LogP contribution in [-0.4, -0.2) is 29.1 Å². The van der Waals surface area contributed by atoms with Crippen LogP contribution in [0, 0.1) is 5.41 Å². The Morgan fingerprint density at radius 3 is 2.84 bits per heavy atom. The normalized spacial score (nSPS) is 24.4. The molecule has 19 heavy (non-hydrogen) atoms.